The molecule has 0 unspecified atom stereocenters. The summed E-state index contributed by atoms with van der Waals surface area (Å²) in [5.74, 6) is 0.586. The smallest absolute Gasteiger partial charge is 0.293 e. The minimum atomic E-state index is -3.46. The molecule has 1 rings (SSSR count). The van der Waals surface area contributed by atoms with E-state index >= 15 is 4.11 Å². The molecular weight excluding hydrogens is 299 g/mol. The molecule has 0 bridgehead atoms. The second kappa shape index (κ2) is 5.99. The number of rotatable bonds is 3. The van der Waals surface area contributed by atoms with Gasteiger partial charge in [-0.05, 0) is 10.1 Å². The first-order valence-electron chi connectivity index (χ1n) is 7.35. The molecule has 0 aliphatic heterocycles. The van der Waals surface area contributed by atoms with Crippen LogP contribution in [0.3, 0.4) is 0 Å². The lowest BCUT2D eigenvalue weighted by Gasteiger charge is -2.45. The van der Waals surface area contributed by atoms with Crippen molar-refractivity contribution in [1.82, 2.24) is 4.98 Å². The largest absolute Gasteiger partial charge is 0.497 e. The number of carbonyl (C=O) groups is 1. The number of hydrogen-bond acceptors (Lipinski definition) is 3. The minimum absolute atomic E-state index is 0.224. The number of anilines is 1. The summed E-state index contributed by atoms with van der Waals surface area (Å²) in [7, 11) is -1.95. The first-order chi connectivity index (χ1) is 9.84. The van der Waals surface area contributed by atoms with Gasteiger partial charge in [-0.2, -0.15) is 0 Å². The summed E-state index contributed by atoms with van der Waals surface area (Å²) >= 11 is 0. The van der Waals surface area contributed by atoms with Crippen molar-refractivity contribution in [3.8, 4) is 5.75 Å². The van der Waals surface area contributed by atoms with E-state index in [0.717, 1.165) is 0 Å². The molecule has 1 heterocycles. The van der Waals surface area contributed by atoms with Crippen LogP contribution in [0.1, 0.15) is 48.5 Å². The first-order valence-corrected chi connectivity index (χ1v) is 9.23. The first kappa shape index (κ1) is 18.6. The lowest BCUT2D eigenvalue weighted by Crippen LogP contribution is -2.58. The van der Waals surface area contributed by atoms with Crippen molar-refractivity contribution in [3.05, 3.63) is 12.3 Å². The minimum Gasteiger partial charge on any atom is -0.497 e. The van der Waals surface area contributed by atoms with Crippen LogP contribution in [0, 0.1) is 0 Å². The molecular formula is C16H27FN2O2Si. The molecule has 124 valence electrons. The number of ether oxygens (including phenoxy) is 1. The summed E-state index contributed by atoms with van der Waals surface area (Å²) in [4.78, 5) is 15.4. The number of nitrogens with zero attached hydrogens (tertiary/aromatic N) is 1. The Morgan fingerprint density at radius 3 is 2.09 bits per heavy atom. The fourth-order valence-corrected chi connectivity index (χ4v) is 7.67. The summed E-state index contributed by atoms with van der Waals surface area (Å²) in [5.41, 5.74) is 0. The number of methoxy groups -OCH3 is 1. The second-order valence-corrected chi connectivity index (χ2v) is 12.5. The van der Waals surface area contributed by atoms with Crippen LogP contribution in [0.5, 0.6) is 5.75 Å². The van der Waals surface area contributed by atoms with Gasteiger partial charge in [-0.25, -0.2) is 4.98 Å². The number of halogens is 1. The van der Waals surface area contributed by atoms with Crippen molar-refractivity contribution in [1.29, 1.82) is 0 Å². The Balaban J connectivity index is 3.54. The molecule has 0 aromatic carbocycles. The molecule has 1 aromatic rings. The zero-order chi connectivity index (χ0) is 17.3. The van der Waals surface area contributed by atoms with Gasteiger partial charge in [0.05, 0.1) is 7.11 Å². The highest BCUT2D eigenvalue weighted by molar-refractivity contribution is 6.91. The van der Waals surface area contributed by atoms with Crippen LogP contribution in [0.2, 0.25) is 10.1 Å². The van der Waals surface area contributed by atoms with E-state index in [1.54, 1.807) is 6.07 Å². The van der Waals surface area contributed by atoms with Gasteiger partial charge in [0.15, 0.2) is 0 Å². The maximum absolute atomic E-state index is 16.3. The molecule has 1 amide bonds. The summed E-state index contributed by atoms with van der Waals surface area (Å²) in [6.07, 6.45) is 1.52. The van der Waals surface area contributed by atoms with E-state index < -0.39 is 18.5 Å². The van der Waals surface area contributed by atoms with E-state index in [2.05, 4.69) is 10.3 Å². The summed E-state index contributed by atoms with van der Waals surface area (Å²) in [6.45, 7) is 12.9. The monoisotopic (exact) mass is 326 g/mol. The normalized spacial score (nSPS) is 13.0. The Morgan fingerprint density at radius 2 is 1.73 bits per heavy atom. The number of amides is 1. The van der Waals surface area contributed by atoms with E-state index in [-0.39, 0.29) is 5.91 Å². The number of aromatic nitrogens is 1. The molecule has 0 aliphatic carbocycles. The van der Waals surface area contributed by atoms with Crippen molar-refractivity contribution in [3.63, 3.8) is 0 Å². The molecule has 0 saturated carbocycles. The standard InChI is InChI=1S/C16H27FN2O2Si/c1-11(20)19-14-9-12(21-8)13(10-18-14)22(17,15(2,3)4)16(5,6)7/h9-10H,1-8H3,(H,18,19,20). The van der Waals surface area contributed by atoms with Gasteiger partial charge in [0.1, 0.15) is 11.6 Å². The van der Waals surface area contributed by atoms with Crippen molar-refractivity contribution >= 4 is 25.3 Å². The fraction of sp³-hybridized carbons (Fsp3) is 0.625. The van der Waals surface area contributed by atoms with Crippen LogP contribution in [0.4, 0.5) is 9.93 Å². The van der Waals surface area contributed by atoms with E-state index in [0.29, 0.717) is 16.8 Å². The molecule has 4 nitrogen and oxygen atoms in total. The fourth-order valence-electron chi connectivity index (χ4n) is 3.05. The third-order valence-corrected chi connectivity index (χ3v) is 9.08. The van der Waals surface area contributed by atoms with Gasteiger partial charge in [-0.15, -0.1) is 0 Å². The highest BCUT2D eigenvalue weighted by Crippen LogP contribution is 2.52. The average Bonchev–Trinajstić information content (AvgIpc) is 2.34. The lowest BCUT2D eigenvalue weighted by molar-refractivity contribution is -0.114. The van der Waals surface area contributed by atoms with Gasteiger partial charge in [-0.1, -0.05) is 41.5 Å². The number of nitrogens with one attached hydrogen (secondary N) is 1. The maximum atomic E-state index is 16.3. The lowest BCUT2D eigenvalue weighted by atomic mass is 10.2. The predicted octanol–water partition coefficient (Wildman–Crippen LogP) is 3.77. The van der Waals surface area contributed by atoms with Crippen LogP contribution in [-0.2, 0) is 4.79 Å². The third kappa shape index (κ3) is 3.32. The van der Waals surface area contributed by atoms with Crippen LogP contribution < -0.4 is 15.2 Å². The highest BCUT2D eigenvalue weighted by Gasteiger charge is 2.58. The Hall–Kier alpha value is -1.43. The molecule has 0 fully saturated rings. The highest BCUT2D eigenvalue weighted by atomic mass is 28.4. The molecule has 0 atom stereocenters. The zero-order valence-corrected chi connectivity index (χ0v) is 15.8. The molecule has 0 saturated heterocycles. The van der Waals surface area contributed by atoms with E-state index in [4.69, 9.17) is 4.74 Å². The molecule has 1 aromatic heterocycles. The van der Waals surface area contributed by atoms with Gasteiger partial charge in [0.2, 0.25) is 5.91 Å². The van der Waals surface area contributed by atoms with Gasteiger partial charge in [0.25, 0.3) is 8.41 Å². The van der Waals surface area contributed by atoms with Crippen LogP contribution in [0.25, 0.3) is 0 Å². The quantitative estimate of drug-likeness (QED) is 0.679. The Labute approximate surface area is 133 Å². The Kier molecular flexibility index (Phi) is 5.07. The molecule has 1 N–H and O–H groups in total. The van der Waals surface area contributed by atoms with E-state index in [9.17, 15) is 4.79 Å². The van der Waals surface area contributed by atoms with E-state index in [1.807, 2.05) is 41.5 Å². The number of carbonyl (C=O) groups excluding carboxylic acids is 1. The Morgan fingerprint density at radius 1 is 1.23 bits per heavy atom. The number of pyridine rings is 1. The molecule has 22 heavy (non-hydrogen) atoms. The van der Waals surface area contributed by atoms with Crippen molar-refractivity contribution < 1.29 is 13.6 Å². The summed E-state index contributed by atoms with van der Waals surface area (Å²) in [6, 6.07) is 1.59. The molecule has 0 radical (unpaired) electrons. The average molecular weight is 326 g/mol. The maximum Gasteiger partial charge on any atom is 0.293 e. The van der Waals surface area contributed by atoms with Crippen molar-refractivity contribution in [2.24, 2.45) is 0 Å². The Bertz CT molecular complexity index is 548. The zero-order valence-electron chi connectivity index (χ0n) is 14.8. The van der Waals surface area contributed by atoms with Crippen molar-refractivity contribution in [2.45, 2.75) is 58.5 Å². The molecule has 0 aliphatic rings. The number of hydrogen-bond donors (Lipinski definition) is 1. The SMILES string of the molecule is COc1cc(NC(C)=O)ncc1[Si](F)(C(C)(C)C)C(C)(C)C. The van der Waals surface area contributed by atoms with E-state index in [1.165, 1.54) is 20.2 Å². The second-order valence-electron chi connectivity index (χ2n) is 7.61. The van der Waals surface area contributed by atoms with Gasteiger partial charge in [0, 0.05) is 24.4 Å². The molecule has 0 spiro atoms. The molecule has 6 heteroatoms. The summed E-state index contributed by atoms with van der Waals surface area (Å²) in [5, 5.41) is 2.09. The van der Waals surface area contributed by atoms with Gasteiger partial charge in [-0.3, -0.25) is 4.79 Å². The van der Waals surface area contributed by atoms with Gasteiger partial charge < -0.3 is 14.2 Å². The predicted molar refractivity (Wildman–Crippen MR) is 91.0 cm³/mol. The van der Waals surface area contributed by atoms with Crippen molar-refractivity contribution in [2.75, 3.05) is 12.4 Å². The topological polar surface area (TPSA) is 51.2 Å². The van der Waals surface area contributed by atoms with Crippen LogP contribution in [-0.4, -0.2) is 26.4 Å². The third-order valence-electron chi connectivity index (χ3n) is 3.83. The van der Waals surface area contributed by atoms with Crippen LogP contribution in [0.15, 0.2) is 12.3 Å². The van der Waals surface area contributed by atoms with Gasteiger partial charge >= 0.3 is 0 Å². The van der Waals surface area contributed by atoms with Crippen LogP contribution >= 0.6 is 0 Å². The summed E-state index contributed by atoms with van der Waals surface area (Å²) < 4.78 is 21.7.